The first kappa shape index (κ1) is 53.0. The van der Waals surface area contributed by atoms with Gasteiger partial charge in [-0.25, -0.2) is 0 Å². The van der Waals surface area contributed by atoms with Crippen LogP contribution in [0.3, 0.4) is 0 Å². The number of rotatable bonds is 23. The van der Waals surface area contributed by atoms with Crippen LogP contribution in [-0.4, -0.2) is 10.6 Å². The van der Waals surface area contributed by atoms with Gasteiger partial charge in [-0.15, -0.1) is 0 Å². The maximum Gasteiger partial charge on any atom is 0.0616 e. The maximum absolute atomic E-state index is 4.32. The average molecular weight is 917 g/mol. The summed E-state index contributed by atoms with van der Waals surface area (Å²) in [7, 11) is 0. The third-order valence-electron chi connectivity index (χ3n) is 11.7. The molecule has 2 nitrogen and oxygen atoms in total. The fraction of sp³-hybridized carbons (Fsp3) is 0.147. The molecule has 5 rings (SSSR count). The van der Waals surface area contributed by atoms with Crippen molar-refractivity contribution in [3.8, 4) is 16.8 Å². The van der Waals surface area contributed by atoms with E-state index in [-0.39, 0.29) is 6.04 Å². The lowest BCUT2D eigenvalue weighted by Crippen LogP contribution is -2.16. The van der Waals surface area contributed by atoms with E-state index in [1.54, 1.807) is 0 Å². The summed E-state index contributed by atoms with van der Waals surface area (Å²) >= 11 is 0. The molecule has 2 unspecified atom stereocenters. The van der Waals surface area contributed by atoms with Crippen molar-refractivity contribution in [1.29, 1.82) is 0 Å². The molecule has 0 radical (unpaired) electrons. The average Bonchev–Trinajstić information content (AvgIpc) is 3.68. The van der Waals surface area contributed by atoms with Gasteiger partial charge in [-0.05, 0) is 134 Å². The molecule has 2 heteroatoms. The number of hydrogen-bond donors (Lipinski definition) is 1. The molecule has 0 saturated heterocycles. The number of nitrogens with zero attached hydrogens (tertiary/aromatic N) is 1. The van der Waals surface area contributed by atoms with E-state index in [0.29, 0.717) is 5.92 Å². The predicted octanol–water partition coefficient (Wildman–Crippen LogP) is 18.6. The Morgan fingerprint density at radius 3 is 1.97 bits per heavy atom. The molecule has 354 valence electrons. The summed E-state index contributed by atoms with van der Waals surface area (Å²) in [5.41, 5.74) is 15.7. The summed E-state index contributed by atoms with van der Waals surface area (Å²) in [6, 6.07) is 36.8. The van der Waals surface area contributed by atoms with Crippen LogP contribution in [0, 0.1) is 5.92 Å². The number of fused-ring (bicyclic) bond motifs is 1. The third kappa shape index (κ3) is 16.1. The minimum atomic E-state index is 0.107. The molecule has 5 aromatic rings. The minimum absolute atomic E-state index is 0.107. The molecule has 1 N–H and O–H groups in total. The minimum Gasteiger partial charge on any atom is -0.385 e. The van der Waals surface area contributed by atoms with Gasteiger partial charge in [0.15, 0.2) is 0 Å². The van der Waals surface area contributed by atoms with Crippen LogP contribution >= 0.6 is 0 Å². The first-order valence-corrected chi connectivity index (χ1v) is 24.4. The van der Waals surface area contributed by atoms with Gasteiger partial charge in [0.05, 0.1) is 11.2 Å². The van der Waals surface area contributed by atoms with Crippen LogP contribution in [0.2, 0.25) is 0 Å². The topological polar surface area (TPSA) is 17.0 Å². The molecule has 0 aliphatic heterocycles. The van der Waals surface area contributed by atoms with Gasteiger partial charge in [0.2, 0.25) is 0 Å². The zero-order valence-electron chi connectivity index (χ0n) is 42.5. The van der Waals surface area contributed by atoms with E-state index in [0.717, 1.165) is 51.1 Å². The summed E-state index contributed by atoms with van der Waals surface area (Å²) in [6.45, 7) is 27.6. The van der Waals surface area contributed by atoms with Crippen LogP contribution in [0.4, 0.5) is 0 Å². The summed E-state index contributed by atoms with van der Waals surface area (Å²) < 4.78 is 2.43. The van der Waals surface area contributed by atoms with Crippen molar-refractivity contribution < 1.29 is 0 Å². The van der Waals surface area contributed by atoms with Crippen LogP contribution in [0.25, 0.3) is 44.9 Å². The Morgan fingerprint density at radius 2 is 1.26 bits per heavy atom. The second-order valence-electron chi connectivity index (χ2n) is 17.4. The van der Waals surface area contributed by atoms with E-state index < -0.39 is 0 Å². The molecule has 0 amide bonds. The summed E-state index contributed by atoms with van der Waals surface area (Å²) in [5.74, 6) is 0.347. The first-order chi connectivity index (χ1) is 34.0. The lowest BCUT2D eigenvalue weighted by molar-refractivity contribution is 0.770. The van der Waals surface area contributed by atoms with Crippen molar-refractivity contribution in [1.82, 2.24) is 9.88 Å². The monoisotopic (exact) mass is 917 g/mol. The Kier molecular flexibility index (Phi) is 21.5. The Hall–Kier alpha value is -7.94. The number of hydrogen-bond acceptors (Lipinski definition) is 1. The van der Waals surface area contributed by atoms with Gasteiger partial charge < -0.3 is 9.88 Å². The van der Waals surface area contributed by atoms with E-state index in [4.69, 9.17) is 0 Å². The summed E-state index contributed by atoms with van der Waals surface area (Å²) in [6.07, 6.45) is 49.0. The van der Waals surface area contributed by atoms with E-state index in [1.807, 2.05) is 74.7 Å². The fourth-order valence-corrected chi connectivity index (χ4v) is 7.77. The highest BCUT2D eigenvalue weighted by atomic mass is 15.0. The molecule has 70 heavy (non-hydrogen) atoms. The molecule has 4 aromatic carbocycles. The molecule has 0 fully saturated rings. The highest BCUT2D eigenvalue weighted by molar-refractivity contribution is 6.00. The van der Waals surface area contributed by atoms with Crippen molar-refractivity contribution >= 4 is 28.1 Å². The van der Waals surface area contributed by atoms with E-state index in [9.17, 15) is 0 Å². The van der Waals surface area contributed by atoms with Crippen LogP contribution in [0.5, 0.6) is 0 Å². The zero-order chi connectivity index (χ0) is 50.1. The maximum atomic E-state index is 4.32. The normalized spacial score (nSPS) is 14.3. The number of benzene rings is 4. The highest BCUT2D eigenvalue weighted by Crippen LogP contribution is 2.38. The Labute approximate surface area is 421 Å². The molecule has 0 spiro atoms. The number of nitrogens with one attached hydrogen (secondary N) is 1. The smallest absolute Gasteiger partial charge is 0.0616 e. The molecular formula is C68H72N2. The highest BCUT2D eigenvalue weighted by Gasteiger charge is 2.20. The van der Waals surface area contributed by atoms with Crippen molar-refractivity contribution in [2.75, 3.05) is 0 Å². The molecular weight excluding hydrogens is 845 g/mol. The van der Waals surface area contributed by atoms with Crippen molar-refractivity contribution in [3.05, 3.63) is 301 Å². The third-order valence-corrected chi connectivity index (χ3v) is 11.7. The van der Waals surface area contributed by atoms with Crippen molar-refractivity contribution in [2.45, 2.75) is 60.9 Å². The second-order valence-corrected chi connectivity index (χ2v) is 17.4. The SMILES string of the molecule is C=C(/C=C\C(=C)/C(C)=C/C=C\C(C)/C=C\C=C/C)\C=C/C(=C\C=C\NC(C)/C=C\C=C(/C)Cc1c(/C=C\C)n(-c2ccccc2)c2c(-c3ccccc3)cccc12)c1ccc(C(=C)/C=C\C=C/C)cc1. The molecule has 0 bridgehead atoms. The van der Waals surface area contributed by atoms with Gasteiger partial charge in [0.25, 0.3) is 0 Å². The molecule has 1 aromatic heterocycles. The van der Waals surface area contributed by atoms with Gasteiger partial charge in [-0.3, -0.25) is 0 Å². The van der Waals surface area contributed by atoms with E-state index in [1.165, 1.54) is 38.9 Å². The van der Waals surface area contributed by atoms with E-state index >= 15 is 0 Å². The van der Waals surface area contributed by atoms with Crippen LogP contribution in [-0.2, 0) is 6.42 Å². The first-order valence-electron chi connectivity index (χ1n) is 24.4. The van der Waals surface area contributed by atoms with Gasteiger partial charge in [-0.1, -0.05) is 245 Å². The number of allylic oxidation sites excluding steroid dienone is 26. The zero-order valence-corrected chi connectivity index (χ0v) is 42.5. The lowest BCUT2D eigenvalue weighted by atomic mass is 9.98. The Balaban J connectivity index is 1.32. The summed E-state index contributed by atoms with van der Waals surface area (Å²) in [4.78, 5) is 0. The second kappa shape index (κ2) is 28.4. The molecule has 0 aliphatic carbocycles. The van der Waals surface area contributed by atoms with Gasteiger partial charge in [0.1, 0.15) is 0 Å². The quantitative estimate of drug-likeness (QED) is 0.0646. The number of aromatic nitrogens is 1. The number of para-hydroxylation sites is 2. The Morgan fingerprint density at radius 1 is 0.600 bits per heavy atom. The fourth-order valence-electron chi connectivity index (χ4n) is 7.77. The van der Waals surface area contributed by atoms with Crippen LogP contribution in [0.15, 0.2) is 279 Å². The van der Waals surface area contributed by atoms with Crippen LogP contribution in [0.1, 0.15) is 70.9 Å². The summed E-state index contributed by atoms with van der Waals surface area (Å²) in [5, 5.41) is 4.81. The molecule has 0 aliphatic rings. The van der Waals surface area contributed by atoms with Gasteiger partial charge in [-0.2, -0.15) is 0 Å². The molecule has 1 heterocycles. The lowest BCUT2D eigenvalue weighted by Gasteiger charge is -2.12. The van der Waals surface area contributed by atoms with Gasteiger partial charge in [0, 0.05) is 22.7 Å². The Bertz CT molecular complexity index is 2950. The largest absolute Gasteiger partial charge is 0.385 e. The van der Waals surface area contributed by atoms with E-state index in [2.05, 4.69) is 246 Å². The van der Waals surface area contributed by atoms with Gasteiger partial charge >= 0.3 is 0 Å². The standard InChI is InChI=1S/C68H72N2/c1-11-14-18-29-52(4)30-24-33-55(7)56(8)44-42-53(5)43-45-60(61-48-46-59(47-49-61)57(9)32-19-15-12-2)37-27-50-69-58(10)34-25-31-54(6)51-66-65-41-26-40-64(62-35-20-16-21-36-62)68(65)70(67(66)28-13-3)63-38-22-17-23-39-63/h11-50,52,58,69H,5,8-9,51H2,1-4,6-7,10H3/b14-11-,15-12-,28-13-,29-18-,30-24-,32-19-,34-25-,44-42-,45-43-,50-27+,54-31+,55-33+,60-37+. The van der Waals surface area contributed by atoms with Crippen molar-refractivity contribution in [2.24, 2.45) is 5.92 Å². The van der Waals surface area contributed by atoms with Crippen molar-refractivity contribution in [3.63, 3.8) is 0 Å². The molecule has 2 atom stereocenters. The molecule has 0 saturated carbocycles. The predicted molar refractivity (Wildman–Crippen MR) is 312 cm³/mol. The van der Waals surface area contributed by atoms with Crippen LogP contribution < -0.4 is 5.32 Å².